The average Bonchev–Trinajstić information content (AvgIpc) is 3.54. The Hall–Kier alpha value is -4.24. The number of aromatic nitrogens is 2. The Kier molecular flexibility index (Phi) is 5.49. The van der Waals surface area contributed by atoms with Crippen molar-refractivity contribution in [3.05, 3.63) is 76.2 Å². The highest BCUT2D eigenvalue weighted by Gasteiger charge is 2.50. The summed E-state index contributed by atoms with van der Waals surface area (Å²) in [5, 5.41) is 11.6. The first-order chi connectivity index (χ1) is 16.8. The number of hydrogen-bond donors (Lipinski definition) is 2. The molecule has 2 N–H and O–H groups in total. The van der Waals surface area contributed by atoms with Gasteiger partial charge in [0.05, 0.1) is 41.4 Å². The molecule has 5 rings (SSSR count). The molecule has 2 aromatic carbocycles. The molecule has 1 saturated heterocycles. The molecular formula is C25H20ClN3O6. The van der Waals surface area contributed by atoms with Gasteiger partial charge >= 0.3 is 5.91 Å². The fraction of sp³-hybridized carbons (Fsp3) is 0.160. The number of nitrogens with zero attached hydrogens (tertiary/aromatic N) is 2. The number of ketones is 1. The molecule has 1 unspecified atom stereocenters. The standard InChI is InChI=1S/C25H20ClN3O6/c1-12-8-9-17(35-12)21-20(22(30)13-10-14(26)19(34-3)11-18(13)33-2)23(31)24(32)29(21)25-27-15-6-4-5-7-16(15)28-25/h4-11,21,30H,1-3H3,(H,27,28)/b22-20+. The van der Waals surface area contributed by atoms with Gasteiger partial charge in [0.25, 0.3) is 5.78 Å². The Bertz CT molecular complexity index is 1490. The fourth-order valence-electron chi connectivity index (χ4n) is 4.16. The van der Waals surface area contributed by atoms with Crippen LogP contribution in [0.2, 0.25) is 5.02 Å². The number of methoxy groups -OCH3 is 2. The van der Waals surface area contributed by atoms with Crippen LogP contribution in [-0.4, -0.2) is 41.0 Å². The second-order valence-electron chi connectivity index (χ2n) is 7.88. The van der Waals surface area contributed by atoms with Crippen molar-refractivity contribution in [2.45, 2.75) is 13.0 Å². The van der Waals surface area contributed by atoms with Crippen LogP contribution in [0.25, 0.3) is 16.8 Å². The fourth-order valence-corrected chi connectivity index (χ4v) is 4.40. The highest BCUT2D eigenvalue weighted by atomic mass is 35.5. The molecule has 1 aliphatic heterocycles. The zero-order valence-corrected chi connectivity index (χ0v) is 19.7. The summed E-state index contributed by atoms with van der Waals surface area (Å²) in [6.45, 7) is 1.74. The SMILES string of the molecule is COc1cc(OC)c(/C(O)=C2\C(=O)C(=O)N(c3nc4ccccc4[nH]3)C2c2ccc(C)o2)cc1Cl. The molecule has 0 saturated carbocycles. The molecule has 3 heterocycles. The van der Waals surface area contributed by atoms with Crippen molar-refractivity contribution < 1.29 is 28.6 Å². The van der Waals surface area contributed by atoms with Crippen LogP contribution < -0.4 is 14.4 Å². The molecule has 0 spiro atoms. The molecule has 1 atom stereocenters. The van der Waals surface area contributed by atoms with Gasteiger partial charge in [-0.05, 0) is 37.3 Å². The largest absolute Gasteiger partial charge is 0.507 e. The number of benzene rings is 2. The van der Waals surface area contributed by atoms with Crippen LogP contribution in [-0.2, 0) is 9.59 Å². The van der Waals surface area contributed by atoms with E-state index in [0.717, 1.165) is 0 Å². The highest BCUT2D eigenvalue weighted by Crippen LogP contribution is 2.44. The quantitative estimate of drug-likeness (QED) is 0.234. The van der Waals surface area contributed by atoms with Gasteiger partial charge in [0.2, 0.25) is 5.95 Å². The highest BCUT2D eigenvalue weighted by molar-refractivity contribution is 6.51. The normalized spacial score (nSPS) is 17.4. The van der Waals surface area contributed by atoms with Gasteiger partial charge in [-0.1, -0.05) is 23.7 Å². The number of furan rings is 1. The minimum Gasteiger partial charge on any atom is -0.507 e. The average molecular weight is 494 g/mol. The number of Topliss-reactive ketones (excluding diaryl/α,β-unsaturated/α-hetero) is 1. The molecule has 1 fully saturated rings. The Morgan fingerprint density at radius 3 is 2.51 bits per heavy atom. The minimum atomic E-state index is -1.09. The van der Waals surface area contributed by atoms with Crippen LogP contribution in [0, 0.1) is 6.92 Å². The minimum absolute atomic E-state index is 0.120. The number of H-pyrrole nitrogens is 1. The molecule has 9 nitrogen and oxygen atoms in total. The van der Waals surface area contributed by atoms with Gasteiger partial charge in [-0.25, -0.2) is 4.98 Å². The maximum Gasteiger partial charge on any atom is 0.302 e. The van der Waals surface area contributed by atoms with Crippen molar-refractivity contribution in [3.8, 4) is 11.5 Å². The van der Waals surface area contributed by atoms with Gasteiger partial charge in [-0.15, -0.1) is 0 Å². The van der Waals surface area contributed by atoms with Crippen LogP contribution in [0.15, 0.2) is 58.5 Å². The number of anilines is 1. The van der Waals surface area contributed by atoms with Gasteiger partial charge in [0.15, 0.2) is 0 Å². The molecule has 10 heteroatoms. The number of ether oxygens (including phenoxy) is 2. The predicted octanol–water partition coefficient (Wildman–Crippen LogP) is 4.76. The first kappa shape index (κ1) is 22.5. The number of carbonyl (C=O) groups is 2. The third-order valence-corrected chi connectivity index (χ3v) is 6.10. The zero-order valence-electron chi connectivity index (χ0n) is 19.0. The van der Waals surface area contributed by atoms with Gasteiger partial charge in [0, 0.05) is 6.07 Å². The smallest absolute Gasteiger partial charge is 0.302 e. The Morgan fingerprint density at radius 2 is 1.86 bits per heavy atom. The van der Waals surface area contributed by atoms with E-state index in [1.54, 1.807) is 31.2 Å². The molecule has 178 valence electrons. The summed E-state index contributed by atoms with van der Waals surface area (Å²) in [7, 11) is 2.85. The number of fused-ring (bicyclic) bond motifs is 1. The van der Waals surface area contributed by atoms with E-state index in [2.05, 4.69) is 9.97 Å². The van der Waals surface area contributed by atoms with Crippen molar-refractivity contribution in [2.24, 2.45) is 0 Å². The second kappa shape index (κ2) is 8.52. The number of aliphatic hydroxyl groups excluding tert-OH is 1. The summed E-state index contributed by atoms with van der Waals surface area (Å²) in [4.78, 5) is 35.4. The molecule has 0 radical (unpaired) electrons. The van der Waals surface area contributed by atoms with Gasteiger partial charge in [-0.2, -0.15) is 0 Å². The molecule has 1 aliphatic rings. The second-order valence-corrected chi connectivity index (χ2v) is 8.29. The van der Waals surface area contributed by atoms with Crippen molar-refractivity contribution in [1.29, 1.82) is 0 Å². The Balaban J connectivity index is 1.75. The summed E-state index contributed by atoms with van der Waals surface area (Å²) in [6, 6.07) is 12.4. The van der Waals surface area contributed by atoms with E-state index < -0.39 is 23.5 Å². The van der Waals surface area contributed by atoms with Crippen molar-refractivity contribution in [3.63, 3.8) is 0 Å². The van der Waals surface area contributed by atoms with Crippen LogP contribution in [0.1, 0.15) is 23.1 Å². The van der Waals surface area contributed by atoms with Gasteiger partial charge in [-0.3, -0.25) is 14.5 Å². The number of hydrogen-bond acceptors (Lipinski definition) is 7. The number of imidazole rings is 1. The maximum absolute atomic E-state index is 13.3. The Labute approximate surface area is 204 Å². The van der Waals surface area contributed by atoms with Crippen LogP contribution in [0.4, 0.5) is 5.95 Å². The van der Waals surface area contributed by atoms with Crippen molar-refractivity contribution in [1.82, 2.24) is 9.97 Å². The maximum atomic E-state index is 13.3. The lowest BCUT2D eigenvalue weighted by Gasteiger charge is -2.21. The van der Waals surface area contributed by atoms with Crippen LogP contribution >= 0.6 is 11.6 Å². The molecule has 0 bridgehead atoms. The molecule has 2 aromatic heterocycles. The summed E-state index contributed by atoms with van der Waals surface area (Å²) in [6.07, 6.45) is 0. The lowest BCUT2D eigenvalue weighted by Crippen LogP contribution is -2.30. The van der Waals surface area contributed by atoms with Crippen molar-refractivity contribution in [2.75, 3.05) is 19.1 Å². The number of halogens is 1. The number of nitrogens with one attached hydrogen (secondary N) is 1. The number of amides is 1. The third-order valence-electron chi connectivity index (χ3n) is 5.81. The number of rotatable bonds is 5. The molecule has 35 heavy (non-hydrogen) atoms. The first-order valence-electron chi connectivity index (χ1n) is 10.6. The molecular weight excluding hydrogens is 474 g/mol. The van der Waals surface area contributed by atoms with E-state index in [1.807, 2.05) is 12.1 Å². The van der Waals surface area contributed by atoms with E-state index in [4.69, 9.17) is 25.5 Å². The number of aliphatic hydroxyl groups is 1. The molecule has 1 amide bonds. The number of aryl methyl sites for hydroxylation is 1. The van der Waals surface area contributed by atoms with E-state index >= 15 is 0 Å². The molecule has 4 aromatic rings. The van der Waals surface area contributed by atoms with E-state index in [0.29, 0.717) is 22.5 Å². The topological polar surface area (TPSA) is 118 Å². The van der Waals surface area contributed by atoms with Crippen LogP contribution in [0.3, 0.4) is 0 Å². The summed E-state index contributed by atoms with van der Waals surface area (Å²) < 4.78 is 16.4. The van der Waals surface area contributed by atoms with Gasteiger partial charge in [0.1, 0.15) is 34.8 Å². The number of para-hydroxylation sites is 2. The summed E-state index contributed by atoms with van der Waals surface area (Å²) in [5.41, 5.74) is 1.23. The third kappa shape index (κ3) is 3.60. The summed E-state index contributed by atoms with van der Waals surface area (Å²) in [5.74, 6) is -0.732. The summed E-state index contributed by atoms with van der Waals surface area (Å²) >= 11 is 6.29. The molecule has 0 aliphatic carbocycles. The number of carbonyl (C=O) groups excluding carboxylic acids is 2. The first-order valence-corrected chi connectivity index (χ1v) is 11.0. The Morgan fingerprint density at radius 1 is 1.11 bits per heavy atom. The van der Waals surface area contributed by atoms with Crippen molar-refractivity contribution >= 4 is 46.0 Å². The van der Waals surface area contributed by atoms with E-state index in [9.17, 15) is 14.7 Å². The lowest BCUT2D eigenvalue weighted by atomic mass is 9.98. The lowest BCUT2D eigenvalue weighted by molar-refractivity contribution is -0.132. The monoisotopic (exact) mass is 493 g/mol. The predicted molar refractivity (Wildman–Crippen MR) is 129 cm³/mol. The zero-order chi connectivity index (χ0) is 24.9. The van der Waals surface area contributed by atoms with Gasteiger partial charge < -0.3 is 24.0 Å². The van der Waals surface area contributed by atoms with E-state index in [-0.39, 0.29) is 33.6 Å². The van der Waals surface area contributed by atoms with E-state index in [1.165, 1.54) is 31.3 Å². The van der Waals surface area contributed by atoms with Crippen LogP contribution in [0.5, 0.6) is 11.5 Å². The number of aromatic amines is 1.